The Balaban J connectivity index is 2.13. The molecule has 1 atom stereocenters. The molecule has 0 aliphatic heterocycles. The summed E-state index contributed by atoms with van der Waals surface area (Å²) in [5.74, 6) is 9.84. The number of nitrogens with zero attached hydrogens (tertiary/aromatic N) is 2. The highest BCUT2D eigenvalue weighted by molar-refractivity contribution is 6.30. The molecule has 2 aromatic carbocycles. The molecule has 0 spiro atoms. The van der Waals surface area contributed by atoms with Gasteiger partial charge in [-0.15, -0.1) is 0 Å². The van der Waals surface area contributed by atoms with Crippen molar-refractivity contribution in [3.8, 4) is 0 Å². The van der Waals surface area contributed by atoms with Gasteiger partial charge in [-0.05, 0) is 29.8 Å². The minimum Gasteiger partial charge on any atom is -0.368 e. The highest BCUT2D eigenvalue weighted by Crippen LogP contribution is 2.23. The van der Waals surface area contributed by atoms with Gasteiger partial charge in [-0.1, -0.05) is 41.9 Å². The molecule has 0 saturated heterocycles. The third-order valence-corrected chi connectivity index (χ3v) is 4.05. The van der Waals surface area contributed by atoms with Crippen LogP contribution in [0.25, 0.3) is 6.08 Å². The number of carbonyl (C=O) groups excluding carboxylic acids is 2. The van der Waals surface area contributed by atoms with Crippen LogP contribution in [0.15, 0.2) is 59.7 Å². The van der Waals surface area contributed by atoms with Crippen LogP contribution in [-0.4, -0.2) is 24.2 Å². The van der Waals surface area contributed by atoms with Gasteiger partial charge in [0.15, 0.2) is 0 Å². The van der Waals surface area contributed by atoms with Gasteiger partial charge in [0, 0.05) is 23.1 Å². The number of anilines is 1. The first-order valence-electron chi connectivity index (χ1n) is 8.29. The smallest absolute Gasteiger partial charge is 0.244 e. The summed E-state index contributed by atoms with van der Waals surface area (Å²) in [4.78, 5) is 24.0. The van der Waals surface area contributed by atoms with E-state index in [-0.39, 0.29) is 0 Å². The lowest BCUT2D eigenvalue weighted by molar-refractivity contribution is -0.124. The molecule has 0 saturated carbocycles. The van der Waals surface area contributed by atoms with Crippen LogP contribution in [0.4, 0.5) is 5.69 Å². The molecule has 7 N–H and O–H groups in total. The molecule has 0 aromatic heterocycles. The van der Waals surface area contributed by atoms with Crippen LogP contribution in [0.2, 0.25) is 5.02 Å². The monoisotopic (exact) mass is 400 g/mol. The van der Waals surface area contributed by atoms with Crippen LogP contribution in [0, 0.1) is 0 Å². The largest absolute Gasteiger partial charge is 0.368 e. The summed E-state index contributed by atoms with van der Waals surface area (Å²) in [6.45, 7) is 0. The Bertz CT molecular complexity index is 885. The molecule has 2 aromatic rings. The van der Waals surface area contributed by atoms with Crippen molar-refractivity contribution in [1.29, 1.82) is 0 Å². The van der Waals surface area contributed by atoms with Crippen molar-refractivity contribution in [2.24, 2.45) is 22.5 Å². The quantitative estimate of drug-likeness (QED) is 0.173. The zero-order valence-corrected chi connectivity index (χ0v) is 15.7. The number of rotatable bonds is 8. The average molecular weight is 401 g/mol. The van der Waals surface area contributed by atoms with Crippen molar-refractivity contribution < 1.29 is 9.59 Å². The second-order valence-electron chi connectivity index (χ2n) is 5.86. The van der Waals surface area contributed by atoms with E-state index in [1.54, 1.807) is 18.2 Å². The number of benzene rings is 2. The molecular formula is C19H21ClN6O2. The molecular weight excluding hydrogens is 380 g/mol. The lowest BCUT2D eigenvalue weighted by atomic mass is 10.1. The fraction of sp³-hybridized carbons (Fsp3) is 0.105. The van der Waals surface area contributed by atoms with Gasteiger partial charge in [0.2, 0.25) is 11.8 Å². The molecule has 9 heteroatoms. The predicted octanol–water partition coefficient (Wildman–Crippen LogP) is 1.15. The highest BCUT2D eigenvalue weighted by atomic mass is 35.5. The third-order valence-electron chi connectivity index (χ3n) is 3.82. The topological polar surface area (TPSA) is 140 Å². The Hall–Kier alpha value is -3.36. The van der Waals surface area contributed by atoms with Crippen LogP contribution in [-0.2, 0) is 16.0 Å². The highest BCUT2D eigenvalue weighted by Gasteiger charge is 2.17. The lowest BCUT2D eigenvalue weighted by Gasteiger charge is -2.16. The van der Waals surface area contributed by atoms with Crippen LogP contribution in [0.3, 0.4) is 0 Å². The average Bonchev–Trinajstić information content (AvgIpc) is 2.67. The molecule has 2 rings (SSSR count). The van der Waals surface area contributed by atoms with Gasteiger partial charge in [0.05, 0.1) is 5.69 Å². The lowest BCUT2D eigenvalue weighted by Crippen LogP contribution is -2.45. The summed E-state index contributed by atoms with van der Waals surface area (Å²) in [5.41, 5.74) is 7.38. The van der Waals surface area contributed by atoms with E-state index in [2.05, 4.69) is 10.4 Å². The van der Waals surface area contributed by atoms with Gasteiger partial charge < -0.3 is 16.9 Å². The molecule has 28 heavy (non-hydrogen) atoms. The SMILES string of the molecule is N/N=C\N(N)c1ccc(Cl)cc1/C=C/C(=O)N[C@@H](Cc1ccccc1)C(N)=O. The van der Waals surface area contributed by atoms with Gasteiger partial charge >= 0.3 is 0 Å². The number of hydrazine groups is 1. The maximum atomic E-state index is 12.3. The van der Waals surface area contributed by atoms with Crippen molar-refractivity contribution in [2.45, 2.75) is 12.5 Å². The van der Waals surface area contributed by atoms with E-state index >= 15 is 0 Å². The van der Waals surface area contributed by atoms with Crippen molar-refractivity contribution in [3.05, 3.63) is 70.8 Å². The Morgan fingerprint density at radius 3 is 2.57 bits per heavy atom. The number of nitrogens with one attached hydrogen (secondary N) is 1. The fourth-order valence-corrected chi connectivity index (χ4v) is 2.67. The molecule has 2 amide bonds. The van der Waals surface area contributed by atoms with Crippen molar-refractivity contribution in [3.63, 3.8) is 0 Å². The first-order valence-corrected chi connectivity index (χ1v) is 8.67. The second-order valence-corrected chi connectivity index (χ2v) is 6.30. The number of halogens is 1. The first kappa shape index (κ1) is 20.9. The standard InChI is InChI=1S/C19H21ClN6O2/c20-15-7-8-17(26(23)12-24-22)14(11-15)6-9-18(27)25-16(19(21)28)10-13-4-2-1-3-5-13/h1-9,11-12,16H,10,22-23H2,(H2,21,28)(H,25,27)/b9-6+,24-12-/t16-/m0/s1. The summed E-state index contributed by atoms with van der Waals surface area (Å²) in [6, 6.07) is 13.3. The fourth-order valence-electron chi connectivity index (χ4n) is 2.49. The maximum Gasteiger partial charge on any atom is 0.244 e. The zero-order valence-electron chi connectivity index (χ0n) is 15.0. The molecule has 0 fully saturated rings. The molecule has 8 nitrogen and oxygen atoms in total. The van der Waals surface area contributed by atoms with Crippen molar-refractivity contribution in [2.75, 3.05) is 5.01 Å². The molecule has 0 bridgehead atoms. The van der Waals surface area contributed by atoms with Gasteiger partial charge in [-0.2, -0.15) is 5.10 Å². The summed E-state index contributed by atoms with van der Waals surface area (Å²) >= 11 is 6.02. The molecule has 146 valence electrons. The van der Waals surface area contributed by atoms with Crippen LogP contribution in [0.1, 0.15) is 11.1 Å². The Morgan fingerprint density at radius 2 is 1.93 bits per heavy atom. The summed E-state index contributed by atoms with van der Waals surface area (Å²) in [6.07, 6.45) is 4.29. The van der Waals surface area contributed by atoms with Gasteiger partial charge in [-0.3, -0.25) is 14.6 Å². The second kappa shape index (κ2) is 10.1. The summed E-state index contributed by atoms with van der Waals surface area (Å²) in [7, 11) is 0. The van der Waals surface area contributed by atoms with E-state index in [1.807, 2.05) is 30.3 Å². The summed E-state index contributed by atoms with van der Waals surface area (Å²) in [5, 5.41) is 7.61. The van der Waals surface area contributed by atoms with E-state index < -0.39 is 17.9 Å². The van der Waals surface area contributed by atoms with E-state index in [1.165, 1.54) is 23.5 Å². The Morgan fingerprint density at radius 1 is 1.21 bits per heavy atom. The summed E-state index contributed by atoms with van der Waals surface area (Å²) < 4.78 is 0. The normalized spacial score (nSPS) is 12.2. The van der Waals surface area contributed by atoms with E-state index in [0.717, 1.165) is 5.56 Å². The number of hydrogen-bond donors (Lipinski definition) is 4. The van der Waals surface area contributed by atoms with Gasteiger partial charge in [0.1, 0.15) is 12.4 Å². The van der Waals surface area contributed by atoms with E-state index in [9.17, 15) is 9.59 Å². The van der Waals surface area contributed by atoms with Gasteiger partial charge in [-0.25, -0.2) is 5.84 Å². The zero-order chi connectivity index (χ0) is 20.5. The van der Waals surface area contributed by atoms with Crippen LogP contribution < -0.4 is 27.7 Å². The number of hydrogen-bond acceptors (Lipinski definition) is 5. The predicted molar refractivity (Wildman–Crippen MR) is 111 cm³/mol. The minimum atomic E-state index is -0.839. The molecule has 0 unspecified atom stereocenters. The molecule has 0 radical (unpaired) electrons. The Kier molecular flexibility index (Phi) is 7.55. The number of hydrazone groups is 1. The van der Waals surface area contributed by atoms with Crippen LogP contribution >= 0.6 is 11.6 Å². The maximum absolute atomic E-state index is 12.3. The molecule has 0 heterocycles. The van der Waals surface area contributed by atoms with Crippen molar-refractivity contribution >= 4 is 41.5 Å². The van der Waals surface area contributed by atoms with Crippen LogP contribution in [0.5, 0.6) is 0 Å². The molecule has 0 aliphatic carbocycles. The number of nitrogens with two attached hydrogens (primary N) is 3. The first-order chi connectivity index (χ1) is 13.4. The Labute approximate surface area is 167 Å². The number of amides is 2. The van der Waals surface area contributed by atoms with Gasteiger partial charge in [0.25, 0.3) is 0 Å². The minimum absolute atomic E-state index is 0.293. The van der Waals surface area contributed by atoms with E-state index in [0.29, 0.717) is 22.7 Å². The van der Waals surface area contributed by atoms with E-state index in [4.69, 9.17) is 29.0 Å². The third kappa shape index (κ3) is 6.11. The molecule has 0 aliphatic rings. The number of primary amides is 1. The van der Waals surface area contributed by atoms with Crippen molar-refractivity contribution in [1.82, 2.24) is 5.32 Å². The number of carbonyl (C=O) groups is 2.